The van der Waals surface area contributed by atoms with E-state index in [-0.39, 0.29) is 11.9 Å². The van der Waals surface area contributed by atoms with Gasteiger partial charge in [0.15, 0.2) is 0 Å². The average Bonchev–Trinajstić information content (AvgIpc) is 2.44. The van der Waals surface area contributed by atoms with Crippen LogP contribution in [0.1, 0.15) is 39.5 Å². The summed E-state index contributed by atoms with van der Waals surface area (Å²) < 4.78 is 0. The Balaban J connectivity index is 2.39. The molecule has 1 heterocycles. The molecule has 3 heteroatoms. The summed E-state index contributed by atoms with van der Waals surface area (Å²) in [6.45, 7) is 5.14. The average molecular weight is 184 g/mol. The zero-order chi connectivity index (χ0) is 9.84. The Kier molecular flexibility index (Phi) is 3.72. The molecule has 0 aromatic carbocycles. The van der Waals surface area contributed by atoms with Crippen LogP contribution in [0, 0.1) is 0 Å². The van der Waals surface area contributed by atoms with Crippen molar-refractivity contribution in [2.75, 3.05) is 6.54 Å². The van der Waals surface area contributed by atoms with Crippen molar-refractivity contribution in [3.05, 3.63) is 0 Å². The fraction of sp³-hybridized carbons (Fsp3) is 0.900. The van der Waals surface area contributed by atoms with Crippen molar-refractivity contribution in [3.63, 3.8) is 0 Å². The SMILES string of the molecule is CCCCC(C)N1CCC(N)C1=O. The second kappa shape index (κ2) is 4.61. The Labute approximate surface area is 80.3 Å². The Morgan fingerprint density at radius 2 is 2.38 bits per heavy atom. The summed E-state index contributed by atoms with van der Waals surface area (Å²) in [6, 6.07) is 0.144. The molecule has 2 atom stereocenters. The Hall–Kier alpha value is -0.570. The minimum atomic E-state index is -0.232. The van der Waals surface area contributed by atoms with Gasteiger partial charge in [0.25, 0.3) is 0 Å². The maximum atomic E-state index is 11.5. The lowest BCUT2D eigenvalue weighted by molar-refractivity contribution is -0.130. The molecule has 0 bridgehead atoms. The highest BCUT2D eigenvalue weighted by molar-refractivity contribution is 5.83. The number of amides is 1. The highest BCUT2D eigenvalue weighted by Crippen LogP contribution is 2.16. The lowest BCUT2D eigenvalue weighted by Gasteiger charge is -2.24. The fourth-order valence-electron chi connectivity index (χ4n) is 1.82. The highest BCUT2D eigenvalue weighted by atomic mass is 16.2. The summed E-state index contributed by atoms with van der Waals surface area (Å²) in [5, 5.41) is 0. The third-order valence-electron chi connectivity index (χ3n) is 2.79. The van der Waals surface area contributed by atoms with Gasteiger partial charge in [0.1, 0.15) is 0 Å². The first kappa shape index (κ1) is 10.5. The third kappa shape index (κ3) is 2.44. The van der Waals surface area contributed by atoms with Crippen LogP contribution in [0.2, 0.25) is 0 Å². The third-order valence-corrected chi connectivity index (χ3v) is 2.79. The minimum absolute atomic E-state index is 0.142. The van der Waals surface area contributed by atoms with E-state index in [9.17, 15) is 4.79 Å². The van der Waals surface area contributed by atoms with Gasteiger partial charge in [-0.3, -0.25) is 4.79 Å². The van der Waals surface area contributed by atoms with Crippen LogP contribution in [0.4, 0.5) is 0 Å². The Morgan fingerprint density at radius 1 is 1.69 bits per heavy atom. The molecule has 1 fully saturated rings. The first-order valence-corrected chi connectivity index (χ1v) is 5.23. The van der Waals surface area contributed by atoms with Crippen LogP contribution >= 0.6 is 0 Å². The Bertz CT molecular complexity index is 182. The smallest absolute Gasteiger partial charge is 0.239 e. The van der Waals surface area contributed by atoms with E-state index in [2.05, 4.69) is 13.8 Å². The lowest BCUT2D eigenvalue weighted by Crippen LogP contribution is -2.39. The maximum Gasteiger partial charge on any atom is 0.239 e. The summed E-state index contributed by atoms with van der Waals surface area (Å²) in [4.78, 5) is 13.4. The summed E-state index contributed by atoms with van der Waals surface area (Å²) in [5.41, 5.74) is 5.64. The summed E-state index contributed by atoms with van der Waals surface area (Å²) in [7, 11) is 0. The molecule has 0 radical (unpaired) electrons. The van der Waals surface area contributed by atoms with E-state index in [1.807, 2.05) is 4.90 Å². The molecule has 2 unspecified atom stereocenters. The van der Waals surface area contributed by atoms with Crippen molar-refractivity contribution in [1.29, 1.82) is 0 Å². The first-order chi connectivity index (χ1) is 6.16. The predicted octanol–water partition coefficient (Wildman–Crippen LogP) is 1.12. The van der Waals surface area contributed by atoms with Gasteiger partial charge < -0.3 is 10.6 Å². The molecule has 1 rings (SSSR count). The van der Waals surface area contributed by atoms with Crippen LogP contribution in [0.5, 0.6) is 0 Å². The van der Waals surface area contributed by atoms with Gasteiger partial charge >= 0.3 is 0 Å². The zero-order valence-electron chi connectivity index (χ0n) is 8.62. The molecule has 0 spiro atoms. The van der Waals surface area contributed by atoms with Gasteiger partial charge in [0.05, 0.1) is 6.04 Å². The molecule has 1 aliphatic rings. The van der Waals surface area contributed by atoms with E-state index in [1.54, 1.807) is 0 Å². The van der Waals surface area contributed by atoms with E-state index in [0.717, 1.165) is 19.4 Å². The molecule has 13 heavy (non-hydrogen) atoms. The number of carbonyl (C=O) groups excluding carboxylic acids is 1. The molecule has 0 aromatic heterocycles. The number of rotatable bonds is 4. The van der Waals surface area contributed by atoms with Crippen molar-refractivity contribution in [1.82, 2.24) is 4.90 Å². The summed E-state index contributed by atoms with van der Waals surface area (Å²) in [6.07, 6.45) is 4.32. The van der Waals surface area contributed by atoms with Gasteiger partial charge in [-0.25, -0.2) is 0 Å². The van der Waals surface area contributed by atoms with Crippen LogP contribution in [-0.2, 0) is 4.79 Å². The number of hydrogen-bond donors (Lipinski definition) is 1. The van der Waals surface area contributed by atoms with Crippen molar-refractivity contribution in [2.24, 2.45) is 5.73 Å². The summed E-state index contributed by atoms with van der Waals surface area (Å²) in [5.74, 6) is 0.142. The number of likely N-dealkylation sites (tertiary alicyclic amines) is 1. The zero-order valence-corrected chi connectivity index (χ0v) is 8.62. The van der Waals surface area contributed by atoms with Gasteiger partial charge in [-0.15, -0.1) is 0 Å². The summed E-state index contributed by atoms with van der Waals surface area (Å²) >= 11 is 0. The van der Waals surface area contributed by atoms with Crippen molar-refractivity contribution in [3.8, 4) is 0 Å². The van der Waals surface area contributed by atoms with Crippen molar-refractivity contribution < 1.29 is 4.79 Å². The monoisotopic (exact) mass is 184 g/mol. The number of nitrogens with zero attached hydrogens (tertiary/aromatic N) is 1. The van der Waals surface area contributed by atoms with Gasteiger partial charge in [-0.2, -0.15) is 0 Å². The van der Waals surface area contributed by atoms with Crippen molar-refractivity contribution >= 4 is 5.91 Å². The quantitative estimate of drug-likeness (QED) is 0.711. The van der Waals surface area contributed by atoms with Crippen LogP contribution in [-0.4, -0.2) is 29.4 Å². The van der Waals surface area contributed by atoms with Gasteiger partial charge in [-0.05, 0) is 19.8 Å². The topological polar surface area (TPSA) is 46.3 Å². The molecule has 3 nitrogen and oxygen atoms in total. The number of unbranched alkanes of at least 4 members (excludes halogenated alkanes) is 1. The first-order valence-electron chi connectivity index (χ1n) is 5.23. The molecule has 0 aromatic rings. The molecule has 1 saturated heterocycles. The van der Waals surface area contributed by atoms with Crippen molar-refractivity contribution in [2.45, 2.75) is 51.6 Å². The van der Waals surface area contributed by atoms with Crippen LogP contribution in [0.3, 0.4) is 0 Å². The maximum absolute atomic E-state index is 11.5. The number of nitrogens with two attached hydrogens (primary N) is 1. The van der Waals surface area contributed by atoms with Crippen LogP contribution in [0.15, 0.2) is 0 Å². The van der Waals surface area contributed by atoms with Crippen LogP contribution in [0.25, 0.3) is 0 Å². The molecule has 1 amide bonds. The molecule has 2 N–H and O–H groups in total. The van der Waals surface area contributed by atoms with E-state index in [1.165, 1.54) is 12.8 Å². The van der Waals surface area contributed by atoms with Gasteiger partial charge in [0.2, 0.25) is 5.91 Å². The largest absolute Gasteiger partial charge is 0.339 e. The van der Waals surface area contributed by atoms with E-state index in [4.69, 9.17) is 5.73 Å². The minimum Gasteiger partial charge on any atom is -0.339 e. The standard InChI is InChI=1S/C10H20N2O/c1-3-4-5-8(2)12-7-6-9(11)10(12)13/h8-9H,3-7,11H2,1-2H3. The lowest BCUT2D eigenvalue weighted by atomic mass is 10.1. The predicted molar refractivity (Wildman–Crippen MR) is 53.3 cm³/mol. The second-order valence-corrected chi connectivity index (χ2v) is 3.92. The van der Waals surface area contributed by atoms with E-state index >= 15 is 0 Å². The molecule has 0 saturated carbocycles. The molecule has 76 valence electrons. The van der Waals surface area contributed by atoms with Gasteiger partial charge in [0, 0.05) is 12.6 Å². The van der Waals surface area contributed by atoms with Gasteiger partial charge in [-0.1, -0.05) is 19.8 Å². The molecular formula is C10H20N2O. The fourth-order valence-corrected chi connectivity index (χ4v) is 1.82. The Morgan fingerprint density at radius 3 is 2.85 bits per heavy atom. The second-order valence-electron chi connectivity index (χ2n) is 3.92. The van der Waals surface area contributed by atoms with E-state index < -0.39 is 0 Å². The highest BCUT2D eigenvalue weighted by Gasteiger charge is 2.31. The molecule has 0 aliphatic carbocycles. The normalized spacial score (nSPS) is 25.3. The number of hydrogen-bond acceptors (Lipinski definition) is 2. The number of carbonyl (C=O) groups is 1. The molecule has 1 aliphatic heterocycles. The van der Waals surface area contributed by atoms with E-state index in [0.29, 0.717) is 6.04 Å². The molecular weight excluding hydrogens is 164 g/mol. The van der Waals surface area contributed by atoms with Crippen LogP contribution < -0.4 is 5.73 Å².